The van der Waals surface area contributed by atoms with Gasteiger partial charge < -0.3 is 33.8 Å². The van der Waals surface area contributed by atoms with E-state index in [9.17, 15) is 43.2 Å². The molecule has 0 amide bonds. The Kier molecular flexibility index (Phi) is 63.7. The number of carbonyl (C=O) groups is 4. The summed E-state index contributed by atoms with van der Waals surface area (Å²) in [4.78, 5) is 72.5. The summed E-state index contributed by atoms with van der Waals surface area (Å²) in [5, 5.41) is 10.6. The number of unbranched alkanes of at least 4 members (excludes halogenated alkanes) is 42. The Morgan fingerprint density at radius 3 is 0.739 bits per heavy atom. The first-order valence-electron chi connectivity index (χ1n) is 38.0. The van der Waals surface area contributed by atoms with Crippen LogP contribution in [-0.4, -0.2) is 96.7 Å². The molecule has 17 nitrogen and oxygen atoms in total. The predicted molar refractivity (Wildman–Crippen MR) is 372 cm³/mol. The molecular formula is C73H142O17P2. The Morgan fingerprint density at radius 2 is 0.500 bits per heavy atom. The summed E-state index contributed by atoms with van der Waals surface area (Å²) in [7, 11) is -9.90. The van der Waals surface area contributed by atoms with Gasteiger partial charge in [-0.3, -0.25) is 37.3 Å². The Hall–Kier alpha value is -1.94. The van der Waals surface area contributed by atoms with Gasteiger partial charge >= 0.3 is 39.5 Å². The molecule has 0 aliphatic rings. The molecule has 5 atom stereocenters. The number of esters is 4. The van der Waals surface area contributed by atoms with Gasteiger partial charge in [-0.05, 0) is 37.5 Å². The maximum atomic E-state index is 13.1. The van der Waals surface area contributed by atoms with Crippen molar-refractivity contribution in [3.63, 3.8) is 0 Å². The molecule has 0 aromatic rings. The number of phosphoric ester groups is 2. The van der Waals surface area contributed by atoms with E-state index < -0.39 is 97.5 Å². The molecule has 92 heavy (non-hydrogen) atoms. The van der Waals surface area contributed by atoms with Crippen LogP contribution in [0.1, 0.15) is 375 Å². The zero-order valence-corrected chi connectivity index (χ0v) is 61.6. The number of ether oxygens (including phenoxy) is 4. The summed E-state index contributed by atoms with van der Waals surface area (Å²) in [6, 6.07) is 0. The molecule has 19 heteroatoms. The fourth-order valence-electron chi connectivity index (χ4n) is 11.1. The van der Waals surface area contributed by atoms with Gasteiger partial charge in [0.25, 0.3) is 0 Å². The first-order chi connectivity index (χ1) is 44.4. The van der Waals surface area contributed by atoms with E-state index in [0.717, 1.165) is 115 Å². The number of aliphatic hydroxyl groups excluding tert-OH is 1. The van der Waals surface area contributed by atoms with E-state index in [-0.39, 0.29) is 25.7 Å². The van der Waals surface area contributed by atoms with Gasteiger partial charge in [-0.1, -0.05) is 324 Å². The van der Waals surface area contributed by atoms with Crippen LogP contribution in [-0.2, 0) is 65.4 Å². The summed E-state index contributed by atoms with van der Waals surface area (Å²) in [5.41, 5.74) is 0. The van der Waals surface area contributed by atoms with Crippen LogP contribution in [0.4, 0.5) is 0 Å². The van der Waals surface area contributed by atoms with E-state index in [0.29, 0.717) is 25.7 Å². The third-order valence-corrected chi connectivity index (χ3v) is 18.9. The second-order valence-electron chi connectivity index (χ2n) is 27.3. The smallest absolute Gasteiger partial charge is 0.462 e. The molecule has 0 aliphatic carbocycles. The number of hydrogen-bond acceptors (Lipinski definition) is 15. The van der Waals surface area contributed by atoms with Crippen molar-refractivity contribution in [3.05, 3.63) is 0 Å². The lowest BCUT2D eigenvalue weighted by Gasteiger charge is -2.21. The molecule has 0 radical (unpaired) electrons. The number of carbonyl (C=O) groups excluding carboxylic acids is 4. The summed E-state index contributed by atoms with van der Waals surface area (Å²) in [5.74, 6) is -0.522. The van der Waals surface area contributed by atoms with E-state index in [1.54, 1.807) is 0 Å². The second kappa shape index (κ2) is 65.0. The first kappa shape index (κ1) is 90.1. The molecule has 0 saturated carbocycles. The van der Waals surface area contributed by atoms with E-state index >= 15 is 0 Å². The van der Waals surface area contributed by atoms with Gasteiger partial charge in [0.05, 0.1) is 26.4 Å². The number of hydrogen-bond donors (Lipinski definition) is 3. The molecule has 3 N–H and O–H groups in total. The van der Waals surface area contributed by atoms with Crippen LogP contribution >= 0.6 is 15.6 Å². The fourth-order valence-corrected chi connectivity index (χ4v) is 12.7. The number of aliphatic hydroxyl groups is 1. The van der Waals surface area contributed by atoms with Crippen molar-refractivity contribution in [1.29, 1.82) is 0 Å². The van der Waals surface area contributed by atoms with E-state index in [1.807, 2.05) is 0 Å². The Balaban J connectivity index is 5.18. The minimum absolute atomic E-state index is 0.106. The van der Waals surface area contributed by atoms with Crippen molar-refractivity contribution >= 4 is 39.5 Å². The topological polar surface area (TPSA) is 237 Å². The van der Waals surface area contributed by atoms with E-state index in [2.05, 4.69) is 41.5 Å². The van der Waals surface area contributed by atoms with Crippen molar-refractivity contribution in [2.75, 3.05) is 39.6 Å². The highest BCUT2D eigenvalue weighted by molar-refractivity contribution is 7.47. The van der Waals surface area contributed by atoms with Crippen molar-refractivity contribution in [1.82, 2.24) is 0 Å². The average Bonchev–Trinajstić information content (AvgIpc) is 1.66. The summed E-state index contributed by atoms with van der Waals surface area (Å²) in [6.07, 6.45) is 51.5. The highest BCUT2D eigenvalue weighted by Crippen LogP contribution is 2.45. The molecule has 0 aliphatic heterocycles. The van der Waals surface area contributed by atoms with E-state index in [1.165, 1.54) is 180 Å². The minimum atomic E-state index is -4.95. The van der Waals surface area contributed by atoms with Gasteiger partial charge in [-0.25, -0.2) is 9.13 Å². The molecule has 0 aromatic heterocycles. The zero-order valence-electron chi connectivity index (χ0n) is 59.9. The van der Waals surface area contributed by atoms with E-state index in [4.69, 9.17) is 37.0 Å². The lowest BCUT2D eigenvalue weighted by molar-refractivity contribution is -0.161. The molecule has 2 unspecified atom stereocenters. The first-order valence-corrected chi connectivity index (χ1v) is 41.0. The lowest BCUT2D eigenvalue weighted by atomic mass is 10.0. The highest BCUT2D eigenvalue weighted by Gasteiger charge is 2.30. The largest absolute Gasteiger partial charge is 0.472 e. The minimum Gasteiger partial charge on any atom is -0.462 e. The number of rotatable bonds is 72. The molecule has 0 heterocycles. The average molecular weight is 1350 g/mol. The second-order valence-corrected chi connectivity index (χ2v) is 30.2. The van der Waals surface area contributed by atoms with Crippen molar-refractivity contribution < 1.29 is 80.2 Å². The Bertz CT molecular complexity index is 1790. The Labute approximate surface area is 562 Å². The van der Waals surface area contributed by atoms with Crippen LogP contribution in [0.5, 0.6) is 0 Å². The third kappa shape index (κ3) is 66.7. The summed E-state index contributed by atoms with van der Waals surface area (Å²) < 4.78 is 68.3. The van der Waals surface area contributed by atoms with Crippen molar-refractivity contribution in [3.8, 4) is 0 Å². The van der Waals surface area contributed by atoms with Gasteiger partial charge in [0.2, 0.25) is 0 Å². The van der Waals surface area contributed by atoms with Gasteiger partial charge in [0, 0.05) is 25.7 Å². The normalized spacial score (nSPS) is 14.1. The monoisotopic (exact) mass is 1350 g/mol. The summed E-state index contributed by atoms with van der Waals surface area (Å²) >= 11 is 0. The number of phosphoric acid groups is 2. The summed E-state index contributed by atoms with van der Waals surface area (Å²) in [6.45, 7) is 9.57. The fraction of sp³-hybridized carbons (Fsp3) is 0.945. The molecule has 546 valence electrons. The van der Waals surface area contributed by atoms with Gasteiger partial charge in [0.15, 0.2) is 12.2 Å². The molecule has 0 rings (SSSR count). The molecule has 0 saturated heterocycles. The van der Waals surface area contributed by atoms with Crippen LogP contribution in [0.3, 0.4) is 0 Å². The maximum absolute atomic E-state index is 13.1. The standard InChI is InChI=1S/C73H142O17P2/c1-7-9-11-13-15-16-32-39-45-51-57-72(77)89-68(61-83-70(75)55-49-43-35-14-12-10-8-2)63-87-91(79,80)85-59-67(74)60-86-92(81,82)88-64-69(62-84-71(76)56-50-44-38-33-28-24-21-20-23-27-31-37-42-48-54-66(5)6)90-73(78)58-52-46-40-34-29-25-19-17-18-22-26-30-36-41-47-53-65(3)4/h65-69,74H,7-64H2,1-6H3,(H,79,80)(H,81,82)/t67-,68+,69+/m0/s1. The molecular weight excluding hydrogens is 1210 g/mol. The zero-order chi connectivity index (χ0) is 67.9. The van der Waals surface area contributed by atoms with Crippen molar-refractivity contribution in [2.24, 2.45) is 11.8 Å². The SMILES string of the molecule is CCCCCCCCCCCCC(=O)O[C@H](COC(=O)CCCCCCCCC)COP(=O)(O)OC[C@H](O)COP(=O)(O)OC[C@@H](COC(=O)CCCCCCCCCCCCCCCCC(C)C)OC(=O)CCCCCCCCCCCCCCCCCC(C)C. The maximum Gasteiger partial charge on any atom is 0.472 e. The van der Waals surface area contributed by atoms with Crippen LogP contribution in [0.2, 0.25) is 0 Å². The predicted octanol–water partition coefficient (Wildman–Crippen LogP) is 21.2. The van der Waals surface area contributed by atoms with Crippen LogP contribution < -0.4 is 0 Å². The van der Waals surface area contributed by atoms with Crippen LogP contribution in [0.15, 0.2) is 0 Å². The molecule has 0 spiro atoms. The van der Waals surface area contributed by atoms with Crippen LogP contribution in [0.25, 0.3) is 0 Å². The van der Waals surface area contributed by atoms with Crippen LogP contribution in [0, 0.1) is 11.8 Å². The molecule has 0 aromatic carbocycles. The van der Waals surface area contributed by atoms with Crippen molar-refractivity contribution in [2.45, 2.75) is 394 Å². The highest BCUT2D eigenvalue weighted by atomic mass is 31.2. The third-order valence-electron chi connectivity index (χ3n) is 17.0. The lowest BCUT2D eigenvalue weighted by Crippen LogP contribution is -2.30. The van der Waals surface area contributed by atoms with Gasteiger partial charge in [0.1, 0.15) is 19.3 Å². The van der Waals surface area contributed by atoms with Gasteiger partial charge in [-0.15, -0.1) is 0 Å². The van der Waals surface area contributed by atoms with Gasteiger partial charge in [-0.2, -0.15) is 0 Å². The quantitative estimate of drug-likeness (QED) is 0.0222. The molecule has 0 bridgehead atoms. The molecule has 0 fully saturated rings. The Morgan fingerprint density at radius 1 is 0.293 bits per heavy atom.